The number of aromatic nitrogens is 1. The SMILES string of the molecule is c1ccc(C2(c3ccccc3)c3ccccc3Oc3cc(-c4ccc5c(c4)c4ccccc4n5-c4ccc5c6ccccc6c6ccccc6c5c4)ccc32)cc1. The number of para-hydroxylation sites is 2. The summed E-state index contributed by atoms with van der Waals surface area (Å²) in [6.07, 6.45) is 0. The molecule has 1 aromatic heterocycles. The summed E-state index contributed by atoms with van der Waals surface area (Å²) in [4.78, 5) is 0. The van der Waals surface area contributed by atoms with E-state index in [2.05, 4.69) is 217 Å². The molecule has 0 atom stereocenters. The quantitative estimate of drug-likeness (QED) is 0.165. The largest absolute Gasteiger partial charge is 0.457 e. The van der Waals surface area contributed by atoms with Gasteiger partial charge in [-0.2, -0.15) is 0 Å². The molecule has 0 radical (unpaired) electrons. The van der Waals surface area contributed by atoms with Crippen molar-refractivity contribution >= 4 is 54.1 Å². The Morgan fingerprint density at radius 1 is 0.316 bits per heavy atom. The van der Waals surface area contributed by atoms with Crippen molar-refractivity contribution in [1.82, 2.24) is 4.57 Å². The standard InChI is InChI=1S/C55H35NO/c1-3-15-38(16-4-1)55(39-17-5-2-6-18-39)49-24-12-14-26-53(49)57-54-34-37(27-31-50(54)55)36-28-32-52-48(33-36)46-23-11-13-25-51(46)56(52)40-29-30-45-43-21-8-7-19-41(43)42-20-9-10-22-44(42)47(45)35-40/h1-35H. The third-order valence-electron chi connectivity index (χ3n) is 12.3. The van der Waals surface area contributed by atoms with Crippen molar-refractivity contribution in [3.05, 3.63) is 235 Å². The summed E-state index contributed by atoms with van der Waals surface area (Å²) >= 11 is 0. The van der Waals surface area contributed by atoms with Crippen LogP contribution in [-0.4, -0.2) is 4.57 Å². The van der Waals surface area contributed by atoms with E-state index in [-0.39, 0.29) is 0 Å². The first-order chi connectivity index (χ1) is 28.3. The molecule has 0 aliphatic carbocycles. The predicted octanol–water partition coefficient (Wildman–Crippen LogP) is 14.4. The Morgan fingerprint density at radius 3 is 1.53 bits per heavy atom. The summed E-state index contributed by atoms with van der Waals surface area (Å²) in [7, 11) is 0. The van der Waals surface area contributed by atoms with Crippen LogP contribution in [0.3, 0.4) is 0 Å². The fourth-order valence-electron chi connectivity index (χ4n) is 9.86. The van der Waals surface area contributed by atoms with E-state index in [1.54, 1.807) is 0 Å². The van der Waals surface area contributed by atoms with Crippen LogP contribution < -0.4 is 4.74 Å². The molecule has 10 aromatic carbocycles. The molecule has 0 spiro atoms. The summed E-state index contributed by atoms with van der Waals surface area (Å²) < 4.78 is 9.28. The molecule has 1 aliphatic heterocycles. The number of benzene rings is 10. The molecule has 0 amide bonds. The third-order valence-corrected chi connectivity index (χ3v) is 12.3. The van der Waals surface area contributed by atoms with Crippen LogP contribution in [0.5, 0.6) is 11.5 Å². The zero-order valence-corrected chi connectivity index (χ0v) is 31.1. The molecule has 0 saturated heterocycles. The molecule has 12 rings (SSSR count). The van der Waals surface area contributed by atoms with Crippen LogP contribution in [0.2, 0.25) is 0 Å². The van der Waals surface area contributed by atoms with Gasteiger partial charge in [-0.3, -0.25) is 0 Å². The van der Waals surface area contributed by atoms with Gasteiger partial charge in [-0.25, -0.2) is 0 Å². The Hall–Kier alpha value is -7.42. The monoisotopic (exact) mass is 725 g/mol. The van der Waals surface area contributed by atoms with E-state index in [1.165, 1.54) is 65.3 Å². The van der Waals surface area contributed by atoms with Gasteiger partial charge in [0.2, 0.25) is 0 Å². The molecular formula is C55H35NO. The number of hydrogen-bond acceptors (Lipinski definition) is 1. The summed E-state index contributed by atoms with van der Waals surface area (Å²) in [5.74, 6) is 1.75. The number of fused-ring (bicyclic) bond motifs is 11. The minimum atomic E-state index is -0.542. The maximum atomic E-state index is 6.85. The van der Waals surface area contributed by atoms with E-state index in [0.717, 1.165) is 39.4 Å². The molecule has 57 heavy (non-hydrogen) atoms. The Morgan fingerprint density at radius 2 is 0.825 bits per heavy atom. The number of rotatable bonds is 4. The molecule has 0 saturated carbocycles. The van der Waals surface area contributed by atoms with E-state index in [1.807, 2.05) is 0 Å². The Balaban J connectivity index is 1.05. The van der Waals surface area contributed by atoms with Crippen molar-refractivity contribution in [3.63, 3.8) is 0 Å². The number of nitrogens with zero attached hydrogens (tertiary/aromatic N) is 1. The molecule has 0 unspecified atom stereocenters. The maximum absolute atomic E-state index is 6.85. The molecular weight excluding hydrogens is 691 g/mol. The summed E-state index contributed by atoms with van der Waals surface area (Å²) in [5, 5.41) is 10.1. The molecule has 0 bridgehead atoms. The topological polar surface area (TPSA) is 14.2 Å². The highest BCUT2D eigenvalue weighted by atomic mass is 16.5. The van der Waals surface area contributed by atoms with Crippen molar-refractivity contribution in [2.45, 2.75) is 5.41 Å². The summed E-state index contributed by atoms with van der Waals surface area (Å²) in [6.45, 7) is 0. The molecule has 2 heterocycles. The van der Waals surface area contributed by atoms with Gasteiger partial charge in [-0.15, -0.1) is 0 Å². The number of ether oxygens (including phenoxy) is 1. The molecule has 2 nitrogen and oxygen atoms in total. The van der Waals surface area contributed by atoms with Crippen LogP contribution in [0.4, 0.5) is 0 Å². The van der Waals surface area contributed by atoms with Gasteiger partial charge in [0, 0.05) is 27.6 Å². The number of hydrogen-bond donors (Lipinski definition) is 0. The zero-order valence-electron chi connectivity index (χ0n) is 31.1. The van der Waals surface area contributed by atoms with E-state index >= 15 is 0 Å². The zero-order chi connectivity index (χ0) is 37.5. The third kappa shape index (κ3) is 4.59. The first-order valence-corrected chi connectivity index (χ1v) is 19.7. The van der Waals surface area contributed by atoms with E-state index in [4.69, 9.17) is 4.74 Å². The second kappa shape index (κ2) is 12.3. The van der Waals surface area contributed by atoms with Crippen molar-refractivity contribution in [2.24, 2.45) is 0 Å². The molecule has 1 aliphatic rings. The molecule has 0 fully saturated rings. The first-order valence-electron chi connectivity index (χ1n) is 19.7. The minimum Gasteiger partial charge on any atom is -0.457 e. The van der Waals surface area contributed by atoms with Crippen LogP contribution in [0.1, 0.15) is 22.3 Å². The molecule has 11 aromatic rings. The van der Waals surface area contributed by atoms with Gasteiger partial charge >= 0.3 is 0 Å². The summed E-state index contributed by atoms with van der Waals surface area (Å²) in [5.41, 5.74) is 9.96. The lowest BCUT2D eigenvalue weighted by molar-refractivity contribution is 0.435. The highest BCUT2D eigenvalue weighted by Gasteiger charge is 2.45. The van der Waals surface area contributed by atoms with Crippen molar-refractivity contribution in [3.8, 4) is 28.3 Å². The van der Waals surface area contributed by atoms with Crippen LogP contribution >= 0.6 is 0 Å². The Bertz CT molecular complexity index is 3300. The van der Waals surface area contributed by atoms with Crippen LogP contribution in [-0.2, 0) is 5.41 Å². The van der Waals surface area contributed by atoms with Crippen molar-refractivity contribution in [2.75, 3.05) is 0 Å². The van der Waals surface area contributed by atoms with Gasteiger partial charge in [0.1, 0.15) is 11.5 Å². The van der Waals surface area contributed by atoms with E-state index < -0.39 is 5.41 Å². The average molecular weight is 726 g/mol. The fraction of sp³-hybridized carbons (Fsp3) is 0.0182. The highest BCUT2D eigenvalue weighted by molar-refractivity contribution is 6.25. The average Bonchev–Trinajstić information content (AvgIpc) is 3.62. The first kappa shape index (κ1) is 31.9. The lowest BCUT2D eigenvalue weighted by atomic mass is 9.63. The fourth-order valence-corrected chi connectivity index (χ4v) is 9.86. The normalized spacial score (nSPS) is 13.2. The van der Waals surface area contributed by atoms with Gasteiger partial charge in [0.15, 0.2) is 0 Å². The van der Waals surface area contributed by atoms with E-state index in [9.17, 15) is 0 Å². The van der Waals surface area contributed by atoms with Gasteiger partial charge in [0.05, 0.1) is 16.4 Å². The lowest BCUT2D eigenvalue weighted by Gasteiger charge is -2.41. The smallest absolute Gasteiger partial charge is 0.132 e. The van der Waals surface area contributed by atoms with Crippen molar-refractivity contribution < 1.29 is 4.74 Å². The molecule has 0 N–H and O–H groups in total. The maximum Gasteiger partial charge on any atom is 0.132 e. The van der Waals surface area contributed by atoms with Crippen LogP contribution in [0.25, 0.3) is 70.9 Å². The minimum absolute atomic E-state index is 0.542. The lowest BCUT2D eigenvalue weighted by Crippen LogP contribution is -2.34. The van der Waals surface area contributed by atoms with Crippen LogP contribution in [0.15, 0.2) is 212 Å². The van der Waals surface area contributed by atoms with Gasteiger partial charge in [0.25, 0.3) is 0 Å². The second-order valence-electron chi connectivity index (χ2n) is 15.2. The van der Waals surface area contributed by atoms with Gasteiger partial charge in [-0.05, 0) is 97.0 Å². The van der Waals surface area contributed by atoms with Crippen LogP contribution in [0, 0.1) is 0 Å². The van der Waals surface area contributed by atoms with Crippen molar-refractivity contribution in [1.29, 1.82) is 0 Å². The molecule has 266 valence electrons. The molecule has 2 heteroatoms. The van der Waals surface area contributed by atoms with E-state index in [0.29, 0.717) is 0 Å². The predicted molar refractivity (Wildman–Crippen MR) is 237 cm³/mol. The Kier molecular flexibility index (Phi) is 6.88. The van der Waals surface area contributed by atoms with Gasteiger partial charge < -0.3 is 9.30 Å². The van der Waals surface area contributed by atoms with Gasteiger partial charge in [-0.1, -0.05) is 170 Å². The summed E-state index contributed by atoms with van der Waals surface area (Å²) in [6, 6.07) is 77.3. The highest BCUT2D eigenvalue weighted by Crippen LogP contribution is 2.56. The second-order valence-corrected chi connectivity index (χ2v) is 15.2. The Labute approximate surface area is 330 Å².